The van der Waals surface area contributed by atoms with Gasteiger partial charge in [-0.2, -0.15) is 16.8 Å². The van der Waals surface area contributed by atoms with E-state index in [1.807, 2.05) is 0 Å². The zero-order valence-corrected chi connectivity index (χ0v) is 22.2. The summed E-state index contributed by atoms with van der Waals surface area (Å²) in [7, 11) is -9.26. The van der Waals surface area contributed by atoms with Gasteiger partial charge < -0.3 is 8.37 Å². The van der Waals surface area contributed by atoms with Crippen LogP contribution in [-0.2, 0) is 20.8 Å². The van der Waals surface area contributed by atoms with Crippen LogP contribution in [0.3, 0.4) is 0 Å². The Morgan fingerprint density at radius 1 is 0.710 bits per heavy atom. The summed E-state index contributed by atoms with van der Waals surface area (Å²) in [5.74, 6) is -0.503. The van der Waals surface area contributed by atoms with E-state index in [-0.39, 0.29) is 79.4 Å². The van der Waals surface area contributed by atoms with Gasteiger partial charge in [0.1, 0.15) is 11.5 Å². The van der Waals surface area contributed by atoms with Crippen LogP contribution in [0.1, 0.15) is 25.6 Å². The summed E-state index contributed by atoms with van der Waals surface area (Å²) in [5.41, 5.74) is 2.14. The molecule has 13 heteroatoms. The number of benzene rings is 2. The number of pyridine rings is 1. The van der Waals surface area contributed by atoms with Crippen LogP contribution >= 0.6 is 0 Å². The van der Waals surface area contributed by atoms with E-state index in [4.69, 9.17) is 9.11 Å². The maximum Gasteiger partial charge on any atom is 0.446 e. The quantitative estimate of drug-likeness (QED) is 0.380. The second-order valence-electron chi connectivity index (χ2n) is 5.85. The molecule has 158 valence electrons. The van der Waals surface area contributed by atoms with Crippen molar-refractivity contribution in [2.24, 2.45) is 0 Å². The van der Waals surface area contributed by atoms with Gasteiger partial charge in [-0.05, 0) is 47.5 Å². The average molecular weight is 487 g/mol. The molecule has 31 heavy (non-hydrogen) atoms. The Morgan fingerprint density at radius 3 is 1.45 bits per heavy atom. The van der Waals surface area contributed by atoms with Crippen molar-refractivity contribution >= 4 is 79.9 Å². The van der Waals surface area contributed by atoms with Crippen molar-refractivity contribution in [2.75, 3.05) is 0 Å². The van der Waals surface area contributed by atoms with Crippen molar-refractivity contribution < 1.29 is 37.2 Å². The molecule has 0 aliphatic rings. The van der Waals surface area contributed by atoms with Crippen LogP contribution in [0.2, 0.25) is 0 Å². The number of aromatic nitrogens is 1. The predicted molar refractivity (Wildman–Crippen MR) is 118 cm³/mol. The smallest absolute Gasteiger partial charge is 0.362 e. The first-order valence-electron chi connectivity index (χ1n) is 8.05. The summed E-state index contributed by atoms with van der Waals surface area (Å²) in [6, 6.07) is 17.4. The van der Waals surface area contributed by atoms with Crippen LogP contribution in [0.5, 0.6) is 11.5 Å². The standard InChI is InChI=1S/C18H15NO8S2.2Na.2H2/c20-28(21,22)26-15-8-4-13(5-9-15)18(17-3-1-2-12-19-17)14-6-10-16(11-7-14)27-29(23,24)25;;;;/h1-12,18H,(H,20,21,22)(H,23,24,25);;;2*1H. The van der Waals surface area contributed by atoms with Gasteiger partial charge in [0.25, 0.3) is 0 Å². The summed E-state index contributed by atoms with van der Waals surface area (Å²) in [4.78, 5) is 4.36. The zero-order valence-electron chi connectivity index (χ0n) is 16.6. The number of rotatable bonds is 7. The van der Waals surface area contributed by atoms with Crippen molar-refractivity contribution in [3.63, 3.8) is 0 Å². The van der Waals surface area contributed by atoms with Gasteiger partial charge in [0.15, 0.2) is 0 Å². The average Bonchev–Trinajstić information content (AvgIpc) is 2.63. The van der Waals surface area contributed by atoms with E-state index in [9.17, 15) is 16.8 Å². The first kappa shape index (κ1) is 28.0. The van der Waals surface area contributed by atoms with E-state index >= 15 is 0 Å². The van der Waals surface area contributed by atoms with E-state index in [1.165, 1.54) is 24.3 Å². The van der Waals surface area contributed by atoms with Crippen LogP contribution in [0.15, 0.2) is 72.9 Å². The van der Waals surface area contributed by atoms with E-state index < -0.39 is 20.8 Å². The minimum atomic E-state index is -4.63. The third kappa shape index (κ3) is 8.81. The maximum atomic E-state index is 10.8. The fourth-order valence-corrected chi connectivity index (χ4v) is 3.46. The maximum absolute atomic E-state index is 10.8. The zero-order chi connectivity index (χ0) is 21.1. The second-order valence-corrected chi connectivity index (χ2v) is 7.89. The molecular weight excluding hydrogens is 468 g/mol. The van der Waals surface area contributed by atoms with Gasteiger partial charge in [0.2, 0.25) is 0 Å². The van der Waals surface area contributed by atoms with Crippen LogP contribution in [0.4, 0.5) is 0 Å². The van der Waals surface area contributed by atoms with Gasteiger partial charge in [-0.3, -0.25) is 14.1 Å². The molecule has 3 rings (SSSR count). The Morgan fingerprint density at radius 2 is 1.13 bits per heavy atom. The van der Waals surface area contributed by atoms with Crippen LogP contribution in [0, 0.1) is 0 Å². The van der Waals surface area contributed by atoms with Crippen molar-refractivity contribution in [1.29, 1.82) is 0 Å². The van der Waals surface area contributed by atoms with Crippen LogP contribution in [0.25, 0.3) is 0 Å². The predicted octanol–water partition coefficient (Wildman–Crippen LogP) is 2.36. The molecule has 0 fully saturated rings. The Hall–Kier alpha value is -0.990. The minimum Gasteiger partial charge on any atom is -0.362 e. The molecule has 9 nitrogen and oxygen atoms in total. The normalized spacial score (nSPS) is 11.2. The van der Waals surface area contributed by atoms with Gasteiger partial charge in [-0.15, -0.1) is 0 Å². The first-order chi connectivity index (χ1) is 13.6. The molecule has 0 bridgehead atoms. The molecule has 3 aromatic rings. The molecule has 0 saturated carbocycles. The molecule has 0 aliphatic carbocycles. The number of nitrogens with zero attached hydrogens (tertiary/aromatic N) is 1. The van der Waals surface area contributed by atoms with Gasteiger partial charge in [0, 0.05) is 68.2 Å². The fourth-order valence-electron chi connectivity index (χ4n) is 2.76. The largest absolute Gasteiger partial charge is 0.446 e. The van der Waals surface area contributed by atoms with Crippen molar-refractivity contribution in [1.82, 2.24) is 4.98 Å². The summed E-state index contributed by atoms with van der Waals surface area (Å²) in [6.45, 7) is 0. The van der Waals surface area contributed by atoms with Gasteiger partial charge >= 0.3 is 20.8 Å². The van der Waals surface area contributed by atoms with E-state index in [0.717, 1.165) is 11.1 Å². The molecule has 1 aromatic heterocycles. The van der Waals surface area contributed by atoms with Crippen LogP contribution < -0.4 is 8.37 Å². The molecular formula is C18H19NNa2O8S2. The molecule has 1 heterocycles. The van der Waals surface area contributed by atoms with E-state index in [2.05, 4.69) is 13.4 Å². The third-order valence-electron chi connectivity index (χ3n) is 3.81. The Bertz CT molecular complexity index is 1120. The monoisotopic (exact) mass is 487 g/mol. The Kier molecular flexibility index (Phi) is 10.6. The van der Waals surface area contributed by atoms with Gasteiger partial charge in [-0.1, -0.05) is 30.3 Å². The number of hydrogen-bond acceptors (Lipinski definition) is 7. The molecule has 0 amide bonds. The summed E-state index contributed by atoms with van der Waals surface area (Å²) in [6.07, 6.45) is 1.62. The Balaban J connectivity index is 0. The molecule has 2 radical (unpaired) electrons. The first-order valence-corrected chi connectivity index (χ1v) is 10.8. The molecule has 2 N–H and O–H groups in total. The molecule has 0 aliphatic heterocycles. The van der Waals surface area contributed by atoms with Crippen molar-refractivity contribution in [3.05, 3.63) is 89.7 Å². The topological polar surface area (TPSA) is 140 Å². The van der Waals surface area contributed by atoms with Gasteiger partial charge in [0.05, 0.1) is 11.6 Å². The minimum absolute atomic E-state index is 0. The Labute approximate surface area is 227 Å². The van der Waals surface area contributed by atoms with Gasteiger partial charge in [-0.25, -0.2) is 0 Å². The summed E-state index contributed by atoms with van der Waals surface area (Å²) < 4.78 is 69.8. The molecule has 0 atom stereocenters. The summed E-state index contributed by atoms with van der Waals surface area (Å²) >= 11 is 0. The third-order valence-corrected chi connectivity index (χ3v) is 4.62. The van der Waals surface area contributed by atoms with Crippen LogP contribution in [-0.4, -0.2) is 90.0 Å². The second kappa shape index (κ2) is 11.8. The SMILES string of the molecule is O=S(=O)(O)Oc1ccc(C(c2ccc(OS(=O)(=O)O)cc2)c2ccccn2)cc1.[HH].[HH].[Na].[Na]. The molecule has 2 aromatic carbocycles. The van der Waals surface area contributed by atoms with Crippen molar-refractivity contribution in [3.8, 4) is 11.5 Å². The number of hydrogen-bond donors (Lipinski definition) is 2. The molecule has 0 spiro atoms. The van der Waals surface area contributed by atoms with Crippen molar-refractivity contribution in [2.45, 2.75) is 5.92 Å². The molecule has 0 saturated heterocycles. The van der Waals surface area contributed by atoms with E-state index in [1.54, 1.807) is 48.7 Å². The fraction of sp³-hybridized carbons (Fsp3) is 0.0556. The summed E-state index contributed by atoms with van der Waals surface area (Å²) in [5, 5.41) is 0. The molecule has 0 unspecified atom stereocenters. The van der Waals surface area contributed by atoms with E-state index in [0.29, 0.717) is 5.69 Å².